The zero-order chi connectivity index (χ0) is 16.6. The van der Waals surface area contributed by atoms with Crippen LogP contribution in [0.2, 0.25) is 5.02 Å². The highest BCUT2D eigenvalue weighted by atomic mass is 35.5. The maximum Gasteiger partial charge on any atom is 0.272 e. The van der Waals surface area contributed by atoms with E-state index in [4.69, 9.17) is 11.6 Å². The molecule has 134 valence electrons. The second-order valence-corrected chi connectivity index (χ2v) is 7.46. The van der Waals surface area contributed by atoms with E-state index in [-0.39, 0.29) is 18.3 Å². The summed E-state index contributed by atoms with van der Waals surface area (Å²) in [5.41, 5.74) is 1.65. The van der Waals surface area contributed by atoms with Crippen LogP contribution in [0, 0.1) is 5.41 Å². The highest BCUT2D eigenvalue weighted by molar-refractivity contribution is 6.35. The summed E-state index contributed by atoms with van der Waals surface area (Å²) in [6, 6.07) is 9.42. The number of hydrogen-bond donors (Lipinski definition) is 1. The lowest BCUT2D eigenvalue weighted by molar-refractivity contribution is 0.0491. The van der Waals surface area contributed by atoms with Gasteiger partial charge in [-0.2, -0.15) is 0 Å². The van der Waals surface area contributed by atoms with Crippen LogP contribution in [0.5, 0.6) is 0 Å². The number of benzene rings is 1. The number of aromatic nitrogens is 1. The molecule has 3 heterocycles. The first-order valence-corrected chi connectivity index (χ1v) is 9.10. The van der Waals surface area contributed by atoms with Gasteiger partial charge in [-0.3, -0.25) is 4.79 Å². The number of para-hydroxylation sites is 1. The summed E-state index contributed by atoms with van der Waals surface area (Å²) in [6.07, 6.45) is 4.68. The van der Waals surface area contributed by atoms with Crippen molar-refractivity contribution in [1.29, 1.82) is 0 Å². The molecular weight excluding hydrogens is 357 g/mol. The zero-order valence-electron chi connectivity index (χ0n) is 14.1. The molecule has 1 N–H and O–H groups in total. The van der Waals surface area contributed by atoms with Gasteiger partial charge in [0, 0.05) is 18.5 Å². The molecule has 4 nitrogen and oxygen atoms in total. The first-order valence-electron chi connectivity index (χ1n) is 8.72. The van der Waals surface area contributed by atoms with E-state index in [0.29, 0.717) is 21.6 Å². The van der Waals surface area contributed by atoms with Crippen LogP contribution in [-0.4, -0.2) is 42.0 Å². The van der Waals surface area contributed by atoms with Crippen molar-refractivity contribution in [3.05, 3.63) is 41.0 Å². The minimum Gasteiger partial charge on any atom is -0.337 e. The number of piperidine rings is 2. The topological polar surface area (TPSA) is 45.2 Å². The largest absolute Gasteiger partial charge is 0.337 e. The number of carbonyl (C=O) groups is 1. The van der Waals surface area contributed by atoms with Crippen molar-refractivity contribution in [3.63, 3.8) is 0 Å². The summed E-state index contributed by atoms with van der Waals surface area (Å²) >= 11 is 6.22. The van der Waals surface area contributed by atoms with E-state index >= 15 is 0 Å². The van der Waals surface area contributed by atoms with Crippen LogP contribution in [0.3, 0.4) is 0 Å². The second kappa shape index (κ2) is 7.48. The summed E-state index contributed by atoms with van der Waals surface area (Å²) in [5.74, 6) is 0.0283. The number of nitrogens with one attached hydrogen (secondary N) is 1. The molecule has 0 atom stereocenters. The Bertz CT molecular complexity index is 764. The van der Waals surface area contributed by atoms with Gasteiger partial charge in [0.2, 0.25) is 0 Å². The van der Waals surface area contributed by atoms with Gasteiger partial charge in [0.05, 0.1) is 10.5 Å². The smallest absolute Gasteiger partial charge is 0.272 e. The Kier molecular flexibility index (Phi) is 5.52. The number of nitrogens with zero attached hydrogens (tertiary/aromatic N) is 2. The fraction of sp³-hybridized carbons (Fsp3) is 0.474. The number of amides is 1. The molecule has 2 saturated heterocycles. The number of halogens is 2. The first-order chi connectivity index (χ1) is 11.7. The highest BCUT2D eigenvalue weighted by Crippen LogP contribution is 2.39. The summed E-state index contributed by atoms with van der Waals surface area (Å²) in [6.45, 7) is 3.89. The SMILES string of the molecule is Cl.O=C(c1ccc2cccc(Cl)c2n1)N1CCC2(CCNCC2)CC1. The molecule has 0 bridgehead atoms. The fourth-order valence-corrected chi connectivity index (χ4v) is 4.26. The Hall–Kier alpha value is -1.36. The summed E-state index contributed by atoms with van der Waals surface area (Å²) in [5, 5.41) is 4.99. The van der Waals surface area contributed by atoms with Crippen molar-refractivity contribution < 1.29 is 4.79 Å². The van der Waals surface area contributed by atoms with Gasteiger partial charge >= 0.3 is 0 Å². The number of hydrogen-bond acceptors (Lipinski definition) is 3. The maximum atomic E-state index is 12.8. The maximum absolute atomic E-state index is 12.8. The third-order valence-electron chi connectivity index (χ3n) is 5.67. The molecule has 2 aromatic rings. The van der Waals surface area contributed by atoms with Gasteiger partial charge in [-0.05, 0) is 56.3 Å². The number of pyridine rings is 1. The Morgan fingerprint density at radius 3 is 2.52 bits per heavy atom. The van der Waals surface area contributed by atoms with Crippen LogP contribution in [0.4, 0.5) is 0 Å². The predicted molar refractivity (Wildman–Crippen MR) is 104 cm³/mol. The van der Waals surface area contributed by atoms with Gasteiger partial charge < -0.3 is 10.2 Å². The lowest BCUT2D eigenvalue weighted by atomic mass is 9.71. The van der Waals surface area contributed by atoms with E-state index in [1.807, 2.05) is 35.2 Å². The Labute approximate surface area is 159 Å². The molecule has 2 aliphatic rings. The van der Waals surface area contributed by atoms with E-state index in [1.54, 1.807) is 0 Å². The van der Waals surface area contributed by atoms with Crippen LogP contribution in [-0.2, 0) is 0 Å². The normalized spacial score (nSPS) is 19.6. The van der Waals surface area contributed by atoms with E-state index in [1.165, 1.54) is 12.8 Å². The van der Waals surface area contributed by atoms with Gasteiger partial charge in [0.25, 0.3) is 5.91 Å². The van der Waals surface area contributed by atoms with Crippen LogP contribution in [0.25, 0.3) is 10.9 Å². The van der Waals surface area contributed by atoms with Gasteiger partial charge in [-0.1, -0.05) is 29.8 Å². The molecule has 1 aromatic carbocycles. The first kappa shape index (κ1) is 18.4. The Morgan fingerprint density at radius 1 is 1.08 bits per heavy atom. The molecule has 6 heteroatoms. The van der Waals surface area contributed by atoms with E-state index in [9.17, 15) is 4.79 Å². The molecule has 0 saturated carbocycles. The summed E-state index contributed by atoms with van der Waals surface area (Å²) in [7, 11) is 0. The van der Waals surface area contributed by atoms with Gasteiger partial charge in [0.15, 0.2) is 0 Å². The highest BCUT2D eigenvalue weighted by Gasteiger charge is 2.37. The van der Waals surface area contributed by atoms with Crippen LogP contribution in [0.15, 0.2) is 30.3 Å². The second-order valence-electron chi connectivity index (χ2n) is 7.05. The molecule has 0 radical (unpaired) electrons. The van der Waals surface area contributed by atoms with E-state index in [0.717, 1.165) is 44.4 Å². The molecule has 4 rings (SSSR count). The molecular formula is C19H23Cl2N3O. The third-order valence-corrected chi connectivity index (χ3v) is 5.97. The van der Waals surface area contributed by atoms with Crippen molar-refractivity contribution in [2.75, 3.05) is 26.2 Å². The quantitative estimate of drug-likeness (QED) is 0.816. The predicted octanol–water partition coefficient (Wildman–Crippen LogP) is 3.92. The standard InChI is InChI=1S/C19H22ClN3O.ClH/c20-15-3-1-2-14-4-5-16(22-17(14)15)18(24)23-12-8-19(9-13-23)6-10-21-11-7-19;/h1-5,21H,6-13H2;1H. The molecule has 2 fully saturated rings. The lowest BCUT2D eigenvalue weighted by Gasteiger charge is -2.44. The number of likely N-dealkylation sites (tertiary alicyclic amines) is 1. The summed E-state index contributed by atoms with van der Waals surface area (Å²) < 4.78 is 0. The van der Waals surface area contributed by atoms with Crippen molar-refractivity contribution in [2.45, 2.75) is 25.7 Å². The van der Waals surface area contributed by atoms with Crippen molar-refractivity contribution in [1.82, 2.24) is 15.2 Å². The average Bonchev–Trinajstić information content (AvgIpc) is 2.63. The van der Waals surface area contributed by atoms with Crippen molar-refractivity contribution >= 4 is 40.8 Å². The van der Waals surface area contributed by atoms with Gasteiger partial charge in [-0.15, -0.1) is 12.4 Å². The third kappa shape index (κ3) is 3.62. The van der Waals surface area contributed by atoms with Crippen LogP contribution in [0.1, 0.15) is 36.2 Å². The Balaban J connectivity index is 0.00000182. The molecule has 2 aliphatic heterocycles. The molecule has 1 spiro atoms. The van der Waals surface area contributed by atoms with Gasteiger partial charge in [-0.25, -0.2) is 4.98 Å². The molecule has 0 unspecified atom stereocenters. The average molecular weight is 380 g/mol. The van der Waals surface area contributed by atoms with E-state index in [2.05, 4.69) is 10.3 Å². The van der Waals surface area contributed by atoms with Crippen LogP contribution >= 0.6 is 24.0 Å². The van der Waals surface area contributed by atoms with Crippen molar-refractivity contribution in [2.24, 2.45) is 5.41 Å². The van der Waals surface area contributed by atoms with Crippen molar-refractivity contribution in [3.8, 4) is 0 Å². The number of carbonyl (C=O) groups excluding carboxylic acids is 1. The minimum absolute atomic E-state index is 0. The number of rotatable bonds is 1. The summed E-state index contributed by atoms with van der Waals surface area (Å²) in [4.78, 5) is 19.3. The minimum atomic E-state index is 0. The van der Waals surface area contributed by atoms with E-state index < -0.39 is 0 Å². The monoisotopic (exact) mass is 379 g/mol. The molecule has 0 aliphatic carbocycles. The molecule has 1 aromatic heterocycles. The van der Waals surface area contributed by atoms with Gasteiger partial charge in [0.1, 0.15) is 5.69 Å². The number of fused-ring (bicyclic) bond motifs is 1. The molecule has 25 heavy (non-hydrogen) atoms. The molecule has 1 amide bonds. The zero-order valence-corrected chi connectivity index (χ0v) is 15.7. The fourth-order valence-electron chi connectivity index (χ4n) is 4.03. The van der Waals surface area contributed by atoms with Crippen LogP contribution < -0.4 is 5.32 Å². The Morgan fingerprint density at radius 2 is 1.80 bits per heavy atom. The lowest BCUT2D eigenvalue weighted by Crippen LogP contribution is -2.47.